The van der Waals surface area contributed by atoms with Crippen molar-refractivity contribution in [2.45, 2.75) is 13.0 Å². The van der Waals surface area contributed by atoms with Crippen LogP contribution >= 0.6 is 11.6 Å². The van der Waals surface area contributed by atoms with Gasteiger partial charge in [-0.25, -0.2) is 0 Å². The van der Waals surface area contributed by atoms with Gasteiger partial charge in [0.2, 0.25) is 0 Å². The second-order valence-electron chi connectivity index (χ2n) is 7.03. The number of carbonyl (C=O) groups excluding carboxylic acids is 1. The highest BCUT2D eigenvalue weighted by Gasteiger charge is 2.23. The standard InChI is InChI=1S/C20H23ClN4O3/c1-15(16-2-4-17(21)5-3-16)22-20(26)14-23-10-12-24(13-11-23)18-6-8-19(9-7-18)25(27)28/h2-9,15H,10-14H2,1H3,(H,22,26)/p+1/t15-/m0/s1. The number of nitrogens with one attached hydrogen (secondary N) is 2. The maximum atomic E-state index is 12.4. The van der Waals surface area contributed by atoms with E-state index in [0.29, 0.717) is 11.6 Å². The van der Waals surface area contributed by atoms with Crippen LogP contribution in [0.1, 0.15) is 18.5 Å². The minimum Gasteiger partial charge on any atom is -0.360 e. The third kappa shape index (κ3) is 5.21. The molecule has 0 aromatic heterocycles. The van der Waals surface area contributed by atoms with Crippen LogP contribution in [0, 0.1) is 10.1 Å². The van der Waals surface area contributed by atoms with Crippen molar-refractivity contribution in [2.24, 2.45) is 0 Å². The monoisotopic (exact) mass is 403 g/mol. The molecule has 0 saturated carbocycles. The van der Waals surface area contributed by atoms with Gasteiger partial charge in [-0.15, -0.1) is 0 Å². The van der Waals surface area contributed by atoms with E-state index < -0.39 is 4.92 Å². The number of anilines is 1. The topological polar surface area (TPSA) is 79.9 Å². The number of non-ortho nitro benzene ring substituents is 1. The number of benzene rings is 2. The molecule has 8 heteroatoms. The van der Waals surface area contributed by atoms with Gasteiger partial charge in [0.25, 0.3) is 11.6 Å². The molecule has 2 aromatic carbocycles. The van der Waals surface area contributed by atoms with Crippen LogP contribution in [0.25, 0.3) is 0 Å². The molecule has 0 bridgehead atoms. The number of rotatable bonds is 6. The van der Waals surface area contributed by atoms with Crippen molar-refractivity contribution in [1.82, 2.24) is 5.32 Å². The average Bonchev–Trinajstić information content (AvgIpc) is 2.69. The summed E-state index contributed by atoms with van der Waals surface area (Å²) in [6, 6.07) is 14.0. The number of nitrogens with zero attached hydrogens (tertiary/aromatic N) is 2. The highest BCUT2D eigenvalue weighted by Crippen LogP contribution is 2.19. The summed E-state index contributed by atoms with van der Waals surface area (Å²) in [6.45, 7) is 5.72. The zero-order valence-corrected chi connectivity index (χ0v) is 16.5. The Morgan fingerprint density at radius 2 is 1.79 bits per heavy atom. The van der Waals surface area contributed by atoms with Crippen LogP contribution in [0.5, 0.6) is 0 Å². The SMILES string of the molecule is C[C@H](NC(=O)C[NH+]1CCN(c2ccc([N+](=O)[O-])cc2)CC1)c1ccc(Cl)cc1. The van der Waals surface area contributed by atoms with E-state index in [1.165, 1.54) is 17.0 Å². The zero-order chi connectivity index (χ0) is 20.1. The number of halogens is 1. The molecule has 0 aliphatic carbocycles. The van der Waals surface area contributed by atoms with Gasteiger partial charge < -0.3 is 15.1 Å². The van der Waals surface area contributed by atoms with Gasteiger partial charge in [-0.05, 0) is 36.8 Å². The Morgan fingerprint density at radius 3 is 2.36 bits per heavy atom. The number of hydrogen-bond acceptors (Lipinski definition) is 4. The highest BCUT2D eigenvalue weighted by atomic mass is 35.5. The summed E-state index contributed by atoms with van der Waals surface area (Å²) >= 11 is 5.90. The molecule has 0 radical (unpaired) electrons. The molecule has 1 aliphatic rings. The third-order valence-electron chi connectivity index (χ3n) is 5.05. The van der Waals surface area contributed by atoms with Crippen LogP contribution in [0.4, 0.5) is 11.4 Å². The summed E-state index contributed by atoms with van der Waals surface area (Å²) in [6.07, 6.45) is 0. The normalized spacial score (nSPS) is 15.9. The Hall–Kier alpha value is -2.64. The van der Waals surface area contributed by atoms with Crippen molar-refractivity contribution in [3.05, 3.63) is 69.2 Å². The van der Waals surface area contributed by atoms with Gasteiger partial charge in [-0.2, -0.15) is 0 Å². The summed E-state index contributed by atoms with van der Waals surface area (Å²) in [4.78, 5) is 26.2. The third-order valence-corrected chi connectivity index (χ3v) is 5.31. The molecule has 148 valence electrons. The molecule has 2 aromatic rings. The second-order valence-corrected chi connectivity index (χ2v) is 7.46. The van der Waals surface area contributed by atoms with Gasteiger partial charge in [0.1, 0.15) is 0 Å². The first-order chi connectivity index (χ1) is 13.4. The largest absolute Gasteiger partial charge is 0.360 e. The first-order valence-corrected chi connectivity index (χ1v) is 9.68. The highest BCUT2D eigenvalue weighted by molar-refractivity contribution is 6.30. The van der Waals surface area contributed by atoms with Crippen molar-refractivity contribution in [3.8, 4) is 0 Å². The number of nitro groups is 1. The first-order valence-electron chi connectivity index (χ1n) is 9.30. The number of hydrogen-bond donors (Lipinski definition) is 2. The lowest BCUT2D eigenvalue weighted by Gasteiger charge is -2.33. The molecule has 1 amide bonds. The molecule has 1 saturated heterocycles. The molecule has 0 unspecified atom stereocenters. The smallest absolute Gasteiger partial charge is 0.275 e. The molecule has 3 rings (SSSR count). The van der Waals surface area contributed by atoms with Gasteiger partial charge in [0.15, 0.2) is 6.54 Å². The number of quaternary nitrogens is 1. The maximum Gasteiger partial charge on any atom is 0.275 e. The van der Waals surface area contributed by atoms with Crippen LogP contribution in [-0.2, 0) is 4.79 Å². The second kappa shape index (κ2) is 9.03. The van der Waals surface area contributed by atoms with Crippen LogP contribution in [0.2, 0.25) is 5.02 Å². The Balaban J connectivity index is 1.46. The van der Waals surface area contributed by atoms with Crippen molar-refractivity contribution in [2.75, 3.05) is 37.6 Å². The molecule has 1 heterocycles. The van der Waals surface area contributed by atoms with Crippen LogP contribution in [0.15, 0.2) is 48.5 Å². The lowest BCUT2D eigenvalue weighted by atomic mass is 10.1. The molecular weight excluding hydrogens is 380 g/mol. The summed E-state index contributed by atoms with van der Waals surface area (Å²) in [5.41, 5.74) is 2.10. The van der Waals surface area contributed by atoms with E-state index in [1.807, 2.05) is 31.2 Å². The van der Waals surface area contributed by atoms with E-state index >= 15 is 0 Å². The van der Waals surface area contributed by atoms with E-state index in [-0.39, 0.29) is 17.6 Å². The maximum absolute atomic E-state index is 12.4. The number of nitro benzene ring substituents is 1. The van der Waals surface area contributed by atoms with Crippen molar-refractivity contribution in [1.29, 1.82) is 0 Å². The Bertz CT molecular complexity index is 818. The minimum absolute atomic E-state index is 0.0289. The lowest BCUT2D eigenvalue weighted by molar-refractivity contribution is -0.892. The van der Waals surface area contributed by atoms with Crippen LogP contribution in [-0.4, -0.2) is 43.6 Å². The predicted molar refractivity (Wildman–Crippen MR) is 109 cm³/mol. The van der Waals surface area contributed by atoms with Gasteiger partial charge in [0.05, 0.1) is 37.1 Å². The zero-order valence-electron chi connectivity index (χ0n) is 15.7. The van der Waals surface area contributed by atoms with Crippen LogP contribution < -0.4 is 15.1 Å². The van der Waals surface area contributed by atoms with E-state index in [1.54, 1.807) is 12.1 Å². The summed E-state index contributed by atoms with van der Waals surface area (Å²) in [7, 11) is 0. The molecule has 7 nitrogen and oxygen atoms in total. The number of piperazine rings is 1. The Labute approximate surface area is 169 Å². The number of carbonyl (C=O) groups is 1. The van der Waals surface area contributed by atoms with Gasteiger partial charge >= 0.3 is 0 Å². The Morgan fingerprint density at radius 1 is 1.18 bits per heavy atom. The molecule has 1 atom stereocenters. The van der Waals surface area contributed by atoms with E-state index in [9.17, 15) is 14.9 Å². The van der Waals surface area contributed by atoms with Crippen molar-refractivity contribution >= 4 is 28.9 Å². The summed E-state index contributed by atoms with van der Waals surface area (Å²) < 4.78 is 0. The van der Waals surface area contributed by atoms with Gasteiger partial charge in [-0.1, -0.05) is 23.7 Å². The van der Waals surface area contributed by atoms with Gasteiger partial charge in [0, 0.05) is 22.8 Å². The molecular formula is C20H24ClN4O3+. The van der Waals surface area contributed by atoms with Gasteiger partial charge in [-0.3, -0.25) is 14.9 Å². The minimum atomic E-state index is -0.393. The fraction of sp³-hybridized carbons (Fsp3) is 0.350. The predicted octanol–water partition coefficient (Wildman–Crippen LogP) is 1.83. The van der Waals surface area contributed by atoms with Crippen molar-refractivity contribution < 1.29 is 14.6 Å². The lowest BCUT2D eigenvalue weighted by Crippen LogP contribution is -3.15. The first kappa shape index (κ1) is 20.1. The fourth-order valence-corrected chi connectivity index (χ4v) is 3.52. The summed E-state index contributed by atoms with van der Waals surface area (Å²) in [5, 5.41) is 14.5. The van der Waals surface area contributed by atoms with E-state index in [2.05, 4.69) is 10.2 Å². The molecule has 1 fully saturated rings. The number of amides is 1. The quantitative estimate of drug-likeness (QED) is 0.569. The molecule has 2 N–H and O–H groups in total. The summed E-state index contributed by atoms with van der Waals surface area (Å²) in [5.74, 6) is 0.0289. The van der Waals surface area contributed by atoms with Crippen LogP contribution in [0.3, 0.4) is 0 Å². The molecule has 28 heavy (non-hydrogen) atoms. The molecule has 0 spiro atoms. The van der Waals surface area contributed by atoms with E-state index in [0.717, 1.165) is 37.4 Å². The molecule has 1 aliphatic heterocycles. The van der Waals surface area contributed by atoms with Crippen molar-refractivity contribution in [3.63, 3.8) is 0 Å². The van der Waals surface area contributed by atoms with E-state index in [4.69, 9.17) is 11.6 Å². The fourth-order valence-electron chi connectivity index (χ4n) is 3.40. The Kier molecular flexibility index (Phi) is 6.49. The average molecular weight is 404 g/mol.